The summed E-state index contributed by atoms with van der Waals surface area (Å²) in [4.78, 5) is 30.8. The molecule has 3 rings (SSSR count). The van der Waals surface area contributed by atoms with Crippen molar-refractivity contribution in [1.29, 1.82) is 0 Å². The predicted octanol–water partition coefficient (Wildman–Crippen LogP) is 3.98. The molecule has 5 nitrogen and oxygen atoms in total. The highest BCUT2D eigenvalue weighted by molar-refractivity contribution is 6.00. The number of aromatic nitrogens is 1. The second-order valence-electron chi connectivity index (χ2n) is 6.58. The van der Waals surface area contributed by atoms with Gasteiger partial charge in [0.25, 0.3) is 0 Å². The summed E-state index contributed by atoms with van der Waals surface area (Å²) in [7, 11) is 3.69. The highest BCUT2D eigenvalue weighted by Gasteiger charge is 2.33. The molecule has 1 heterocycles. The molecule has 136 valence electrons. The maximum atomic E-state index is 14.4. The fraction of sp³-hybridized carbons (Fsp3) is 0.350. The van der Waals surface area contributed by atoms with Crippen LogP contribution >= 0.6 is 0 Å². The molecule has 1 aliphatic carbocycles. The Bertz CT molecular complexity index is 843. The van der Waals surface area contributed by atoms with Gasteiger partial charge in [0.05, 0.1) is 11.1 Å². The summed E-state index contributed by atoms with van der Waals surface area (Å²) in [5.74, 6) is -0.522. The summed E-state index contributed by atoms with van der Waals surface area (Å²) in [6.45, 7) is 1.72. The van der Waals surface area contributed by atoms with Crippen LogP contribution in [0.3, 0.4) is 0 Å². The van der Waals surface area contributed by atoms with Gasteiger partial charge >= 0.3 is 5.97 Å². The predicted molar refractivity (Wildman–Crippen MR) is 96.5 cm³/mol. The zero-order chi connectivity index (χ0) is 18.8. The van der Waals surface area contributed by atoms with Crippen LogP contribution in [0.25, 0.3) is 0 Å². The number of rotatable bonds is 6. The molecular formula is C20H21FN2O3. The van der Waals surface area contributed by atoms with Gasteiger partial charge in [0, 0.05) is 32.3 Å². The second kappa shape index (κ2) is 7.23. The van der Waals surface area contributed by atoms with Crippen LogP contribution in [0.2, 0.25) is 0 Å². The summed E-state index contributed by atoms with van der Waals surface area (Å²) in [5, 5.41) is 0. The minimum absolute atomic E-state index is 0.00310. The second-order valence-corrected chi connectivity index (χ2v) is 6.58. The van der Waals surface area contributed by atoms with E-state index in [0.717, 1.165) is 12.8 Å². The number of anilines is 1. The van der Waals surface area contributed by atoms with E-state index >= 15 is 0 Å². The van der Waals surface area contributed by atoms with Gasteiger partial charge in [-0.1, -0.05) is 6.92 Å². The third-order valence-electron chi connectivity index (χ3n) is 4.39. The van der Waals surface area contributed by atoms with E-state index in [4.69, 9.17) is 4.74 Å². The molecular weight excluding hydrogens is 335 g/mol. The third kappa shape index (κ3) is 3.59. The van der Waals surface area contributed by atoms with Crippen LogP contribution in [0.15, 0.2) is 30.5 Å². The standard InChI is InChI=1S/C20H21FN2O3/c1-4-16(24)14-8-9-15(21)18(12-5-6-12)19(14)26-20(25)13-7-10-17(22-11-13)23(2)3/h7-12H,4-6H2,1-3H3. The molecule has 0 saturated heterocycles. The highest BCUT2D eigenvalue weighted by atomic mass is 19.1. The number of ketones is 1. The molecule has 2 aromatic rings. The molecule has 0 atom stereocenters. The lowest BCUT2D eigenvalue weighted by molar-refractivity contribution is 0.0730. The van der Waals surface area contributed by atoms with E-state index in [1.807, 2.05) is 19.0 Å². The number of Topliss-reactive ketones (excluding diaryl/α,β-unsaturated/α-hetero) is 1. The molecule has 1 aromatic heterocycles. The van der Waals surface area contributed by atoms with Gasteiger partial charge in [-0.2, -0.15) is 0 Å². The van der Waals surface area contributed by atoms with E-state index in [9.17, 15) is 14.0 Å². The first-order chi connectivity index (χ1) is 12.4. The summed E-state index contributed by atoms with van der Waals surface area (Å²) in [6.07, 6.45) is 3.31. The van der Waals surface area contributed by atoms with Crippen LogP contribution < -0.4 is 9.64 Å². The van der Waals surface area contributed by atoms with E-state index in [1.54, 1.807) is 19.1 Å². The lowest BCUT2D eigenvalue weighted by Gasteiger charge is -2.15. The lowest BCUT2D eigenvalue weighted by Crippen LogP contribution is -2.15. The first-order valence-corrected chi connectivity index (χ1v) is 8.63. The van der Waals surface area contributed by atoms with Crippen molar-refractivity contribution < 1.29 is 18.7 Å². The number of carbonyl (C=O) groups is 2. The van der Waals surface area contributed by atoms with Gasteiger partial charge in [-0.25, -0.2) is 14.2 Å². The van der Waals surface area contributed by atoms with Crippen molar-refractivity contribution in [1.82, 2.24) is 4.98 Å². The van der Waals surface area contributed by atoms with E-state index in [2.05, 4.69) is 4.98 Å². The van der Waals surface area contributed by atoms with Crippen LogP contribution in [0.5, 0.6) is 5.75 Å². The molecule has 0 radical (unpaired) electrons. The van der Waals surface area contributed by atoms with Crippen LogP contribution in [-0.2, 0) is 0 Å². The minimum Gasteiger partial charge on any atom is -0.422 e. The fourth-order valence-electron chi connectivity index (χ4n) is 2.77. The molecule has 0 aliphatic heterocycles. The van der Waals surface area contributed by atoms with Crippen LogP contribution in [0, 0.1) is 5.82 Å². The average molecular weight is 356 g/mol. The molecule has 0 spiro atoms. The quantitative estimate of drug-likeness (QED) is 0.445. The van der Waals surface area contributed by atoms with Crippen molar-refractivity contribution in [3.05, 3.63) is 53.0 Å². The average Bonchev–Trinajstić information content (AvgIpc) is 3.46. The van der Waals surface area contributed by atoms with Gasteiger partial charge in [0.1, 0.15) is 17.4 Å². The Hall–Kier alpha value is -2.76. The summed E-state index contributed by atoms with van der Waals surface area (Å²) >= 11 is 0. The molecule has 1 saturated carbocycles. The maximum absolute atomic E-state index is 14.4. The zero-order valence-corrected chi connectivity index (χ0v) is 15.1. The summed E-state index contributed by atoms with van der Waals surface area (Å²) < 4.78 is 19.9. The molecule has 6 heteroatoms. The summed E-state index contributed by atoms with van der Waals surface area (Å²) in [6, 6.07) is 5.97. The SMILES string of the molecule is CCC(=O)c1ccc(F)c(C2CC2)c1OC(=O)c1ccc(N(C)C)nc1. The van der Waals surface area contributed by atoms with Gasteiger partial charge in [-0.15, -0.1) is 0 Å². The normalized spacial score (nSPS) is 13.4. The summed E-state index contributed by atoms with van der Waals surface area (Å²) in [5.41, 5.74) is 0.828. The van der Waals surface area contributed by atoms with E-state index < -0.39 is 11.8 Å². The maximum Gasteiger partial charge on any atom is 0.345 e. The number of carbonyl (C=O) groups excluding carboxylic acids is 2. The zero-order valence-electron chi connectivity index (χ0n) is 15.1. The third-order valence-corrected chi connectivity index (χ3v) is 4.39. The van der Waals surface area contributed by atoms with Crippen molar-refractivity contribution in [2.45, 2.75) is 32.1 Å². The number of pyridine rings is 1. The van der Waals surface area contributed by atoms with Crippen molar-refractivity contribution in [3.8, 4) is 5.75 Å². The van der Waals surface area contributed by atoms with Crippen molar-refractivity contribution in [2.75, 3.05) is 19.0 Å². The monoisotopic (exact) mass is 356 g/mol. The molecule has 1 aliphatic rings. The van der Waals surface area contributed by atoms with Crippen molar-refractivity contribution in [2.24, 2.45) is 0 Å². The molecule has 0 bridgehead atoms. The number of esters is 1. The Morgan fingerprint density at radius 2 is 1.96 bits per heavy atom. The Morgan fingerprint density at radius 3 is 2.50 bits per heavy atom. The number of halogens is 1. The Morgan fingerprint density at radius 1 is 1.23 bits per heavy atom. The number of nitrogens with zero attached hydrogens (tertiary/aromatic N) is 2. The minimum atomic E-state index is -0.652. The lowest BCUT2D eigenvalue weighted by atomic mass is 10.00. The smallest absolute Gasteiger partial charge is 0.345 e. The van der Waals surface area contributed by atoms with E-state index in [1.165, 1.54) is 18.3 Å². The number of benzene rings is 1. The molecule has 1 aromatic carbocycles. The van der Waals surface area contributed by atoms with E-state index in [0.29, 0.717) is 11.4 Å². The number of hydrogen-bond acceptors (Lipinski definition) is 5. The van der Waals surface area contributed by atoms with Crippen molar-refractivity contribution in [3.63, 3.8) is 0 Å². The molecule has 0 unspecified atom stereocenters. The van der Waals surface area contributed by atoms with E-state index in [-0.39, 0.29) is 35.0 Å². The van der Waals surface area contributed by atoms with Gasteiger partial charge in [0.2, 0.25) is 0 Å². The number of ether oxygens (including phenoxy) is 1. The van der Waals surface area contributed by atoms with Gasteiger partial charge in [0.15, 0.2) is 5.78 Å². The highest BCUT2D eigenvalue weighted by Crippen LogP contribution is 2.47. The topological polar surface area (TPSA) is 59.5 Å². The van der Waals surface area contributed by atoms with Gasteiger partial charge in [-0.3, -0.25) is 4.79 Å². The van der Waals surface area contributed by atoms with Gasteiger partial charge < -0.3 is 9.64 Å². The largest absolute Gasteiger partial charge is 0.422 e. The first kappa shape index (κ1) is 18.0. The molecule has 26 heavy (non-hydrogen) atoms. The fourth-order valence-corrected chi connectivity index (χ4v) is 2.77. The van der Waals surface area contributed by atoms with Crippen LogP contribution in [0.1, 0.15) is 58.4 Å². The Labute approximate surface area is 151 Å². The van der Waals surface area contributed by atoms with Crippen molar-refractivity contribution >= 4 is 17.6 Å². The van der Waals surface area contributed by atoms with Crippen LogP contribution in [-0.4, -0.2) is 30.8 Å². The molecule has 1 fully saturated rings. The Balaban J connectivity index is 1.96. The van der Waals surface area contributed by atoms with Gasteiger partial charge in [-0.05, 0) is 43.0 Å². The Kier molecular flexibility index (Phi) is 5.02. The number of hydrogen-bond donors (Lipinski definition) is 0. The van der Waals surface area contributed by atoms with Crippen LogP contribution in [0.4, 0.5) is 10.2 Å². The first-order valence-electron chi connectivity index (χ1n) is 8.63. The molecule has 0 amide bonds. The molecule has 0 N–H and O–H groups in total.